The molecular weight excluding hydrogens is 374 g/mol. The van der Waals surface area contributed by atoms with Crippen LogP contribution in [-0.4, -0.2) is 33.0 Å². The standard InChI is InChI=1S/C18H18ClN3O3S/c1-11-13(19)5-4-8-17(11)26(24,25)21-12-9-16-18(23)20-14-6-2-3-7-15(14)22(16)10-12/h2-8,12,16,21H,9-10H2,1H3,(H,20,23)/t12-,16+/m1/s1. The Balaban J connectivity index is 1.60. The van der Waals surface area contributed by atoms with Crippen molar-refractivity contribution in [2.24, 2.45) is 0 Å². The SMILES string of the molecule is Cc1c(Cl)cccc1S(=O)(=O)N[C@@H]1C[C@H]2C(=O)Nc3ccccc3N2C1. The van der Waals surface area contributed by atoms with Crippen molar-refractivity contribution in [1.82, 2.24) is 4.72 Å². The van der Waals surface area contributed by atoms with Crippen molar-refractivity contribution in [2.75, 3.05) is 16.8 Å². The minimum Gasteiger partial charge on any atom is -0.356 e. The van der Waals surface area contributed by atoms with Crippen LogP contribution in [0, 0.1) is 6.92 Å². The van der Waals surface area contributed by atoms with Gasteiger partial charge in [-0.3, -0.25) is 4.79 Å². The van der Waals surface area contributed by atoms with Crippen LogP contribution in [0.1, 0.15) is 12.0 Å². The van der Waals surface area contributed by atoms with Gasteiger partial charge in [0.2, 0.25) is 15.9 Å². The molecule has 2 aliphatic rings. The fourth-order valence-corrected chi connectivity index (χ4v) is 5.38. The molecule has 0 radical (unpaired) electrons. The molecule has 0 bridgehead atoms. The van der Waals surface area contributed by atoms with E-state index in [9.17, 15) is 13.2 Å². The second-order valence-corrected chi connectivity index (χ2v) is 8.68. The molecule has 136 valence electrons. The number of hydrogen-bond donors (Lipinski definition) is 2. The van der Waals surface area contributed by atoms with E-state index >= 15 is 0 Å². The molecule has 1 saturated heterocycles. The number of anilines is 2. The first-order valence-corrected chi connectivity index (χ1v) is 10.2. The Morgan fingerprint density at radius 3 is 2.77 bits per heavy atom. The zero-order valence-corrected chi connectivity index (χ0v) is 15.6. The van der Waals surface area contributed by atoms with E-state index in [1.165, 1.54) is 6.07 Å². The van der Waals surface area contributed by atoms with E-state index in [1.807, 2.05) is 29.2 Å². The summed E-state index contributed by atoms with van der Waals surface area (Å²) in [6, 6.07) is 11.6. The maximum atomic E-state index is 12.8. The van der Waals surface area contributed by atoms with Crippen LogP contribution in [0.15, 0.2) is 47.4 Å². The zero-order valence-electron chi connectivity index (χ0n) is 14.1. The van der Waals surface area contributed by atoms with Gasteiger partial charge in [-0.1, -0.05) is 29.8 Å². The van der Waals surface area contributed by atoms with Crippen molar-refractivity contribution in [2.45, 2.75) is 30.3 Å². The molecule has 0 aromatic heterocycles. The molecule has 0 aliphatic carbocycles. The van der Waals surface area contributed by atoms with Crippen LogP contribution in [0.5, 0.6) is 0 Å². The first-order valence-electron chi connectivity index (χ1n) is 8.31. The number of fused-ring (bicyclic) bond motifs is 3. The molecule has 2 atom stereocenters. The van der Waals surface area contributed by atoms with Crippen LogP contribution in [0.4, 0.5) is 11.4 Å². The summed E-state index contributed by atoms with van der Waals surface area (Å²) in [6.07, 6.45) is 0.416. The van der Waals surface area contributed by atoms with Gasteiger partial charge in [0.15, 0.2) is 0 Å². The number of benzene rings is 2. The van der Waals surface area contributed by atoms with Gasteiger partial charge in [-0.2, -0.15) is 0 Å². The first kappa shape index (κ1) is 17.3. The third kappa shape index (κ3) is 2.86. The third-order valence-electron chi connectivity index (χ3n) is 4.90. The molecule has 1 fully saturated rings. The largest absolute Gasteiger partial charge is 0.356 e. The Labute approximate surface area is 157 Å². The summed E-state index contributed by atoms with van der Waals surface area (Å²) >= 11 is 6.06. The van der Waals surface area contributed by atoms with Crippen LogP contribution in [-0.2, 0) is 14.8 Å². The van der Waals surface area contributed by atoms with Gasteiger partial charge < -0.3 is 10.2 Å². The lowest BCUT2D eigenvalue weighted by molar-refractivity contribution is -0.117. The number of carbonyl (C=O) groups excluding carboxylic acids is 1. The Morgan fingerprint density at radius 2 is 1.96 bits per heavy atom. The van der Waals surface area contributed by atoms with E-state index in [-0.39, 0.29) is 22.9 Å². The van der Waals surface area contributed by atoms with Gasteiger partial charge in [-0.25, -0.2) is 13.1 Å². The smallest absolute Gasteiger partial charge is 0.247 e. The number of hydrogen-bond acceptors (Lipinski definition) is 4. The summed E-state index contributed by atoms with van der Waals surface area (Å²) in [5, 5.41) is 3.30. The highest BCUT2D eigenvalue weighted by molar-refractivity contribution is 7.89. The zero-order chi connectivity index (χ0) is 18.5. The van der Waals surface area contributed by atoms with E-state index in [2.05, 4.69) is 10.0 Å². The molecule has 6 nitrogen and oxygen atoms in total. The molecule has 2 aliphatic heterocycles. The number of nitrogens with zero attached hydrogens (tertiary/aromatic N) is 1. The van der Waals surface area contributed by atoms with Gasteiger partial charge in [-0.05, 0) is 43.2 Å². The third-order valence-corrected chi connectivity index (χ3v) is 6.98. The normalized spacial score (nSPS) is 21.9. The molecule has 0 spiro atoms. The first-order chi connectivity index (χ1) is 12.4. The van der Waals surface area contributed by atoms with E-state index in [1.54, 1.807) is 19.1 Å². The highest BCUT2D eigenvalue weighted by atomic mass is 35.5. The van der Waals surface area contributed by atoms with Crippen molar-refractivity contribution in [3.8, 4) is 0 Å². The molecule has 4 rings (SSSR count). The quantitative estimate of drug-likeness (QED) is 0.842. The van der Waals surface area contributed by atoms with Crippen LogP contribution < -0.4 is 14.9 Å². The molecule has 0 unspecified atom stereocenters. The lowest BCUT2D eigenvalue weighted by atomic mass is 10.1. The molecule has 2 N–H and O–H groups in total. The van der Waals surface area contributed by atoms with Crippen molar-refractivity contribution >= 4 is 38.9 Å². The van der Waals surface area contributed by atoms with Crippen LogP contribution in [0.3, 0.4) is 0 Å². The number of carbonyl (C=O) groups is 1. The van der Waals surface area contributed by atoms with Gasteiger partial charge >= 0.3 is 0 Å². The van der Waals surface area contributed by atoms with Crippen molar-refractivity contribution in [3.05, 3.63) is 53.1 Å². The summed E-state index contributed by atoms with van der Waals surface area (Å²) in [5.41, 5.74) is 2.18. The summed E-state index contributed by atoms with van der Waals surface area (Å²) in [6.45, 7) is 2.12. The minimum atomic E-state index is -3.73. The predicted octanol–water partition coefficient (Wildman–Crippen LogP) is 2.53. The monoisotopic (exact) mass is 391 g/mol. The molecule has 2 aromatic carbocycles. The average molecular weight is 392 g/mol. The molecule has 26 heavy (non-hydrogen) atoms. The molecular formula is C18H18ClN3O3S. The van der Waals surface area contributed by atoms with E-state index in [0.29, 0.717) is 23.6 Å². The Kier molecular flexibility index (Phi) is 4.17. The van der Waals surface area contributed by atoms with Gasteiger partial charge in [0.1, 0.15) is 6.04 Å². The van der Waals surface area contributed by atoms with Gasteiger partial charge in [-0.15, -0.1) is 0 Å². The van der Waals surface area contributed by atoms with Gasteiger partial charge in [0.05, 0.1) is 16.3 Å². The van der Waals surface area contributed by atoms with E-state index in [4.69, 9.17) is 11.6 Å². The minimum absolute atomic E-state index is 0.107. The highest BCUT2D eigenvalue weighted by Crippen LogP contribution is 2.36. The number of nitrogens with one attached hydrogen (secondary N) is 2. The summed E-state index contributed by atoms with van der Waals surface area (Å²) in [4.78, 5) is 14.5. The second kappa shape index (κ2) is 6.26. The number of para-hydroxylation sites is 2. The molecule has 1 amide bonds. The number of rotatable bonds is 3. The fraction of sp³-hybridized carbons (Fsp3) is 0.278. The lowest BCUT2D eigenvalue weighted by Crippen LogP contribution is -2.44. The maximum Gasteiger partial charge on any atom is 0.247 e. The van der Waals surface area contributed by atoms with Crippen LogP contribution in [0.25, 0.3) is 0 Å². The van der Waals surface area contributed by atoms with E-state index in [0.717, 1.165) is 11.4 Å². The maximum absolute atomic E-state index is 12.8. The second-order valence-electron chi connectivity index (χ2n) is 6.59. The average Bonchev–Trinajstić information content (AvgIpc) is 3.01. The Hall–Kier alpha value is -2.09. The van der Waals surface area contributed by atoms with Crippen LogP contribution >= 0.6 is 11.6 Å². The topological polar surface area (TPSA) is 78.5 Å². The van der Waals surface area contributed by atoms with Crippen molar-refractivity contribution in [3.63, 3.8) is 0 Å². The summed E-state index contributed by atoms with van der Waals surface area (Å²) in [5.74, 6) is -0.107. The number of halogens is 1. The highest BCUT2D eigenvalue weighted by Gasteiger charge is 2.42. The number of amides is 1. The molecule has 8 heteroatoms. The Bertz CT molecular complexity index is 993. The number of sulfonamides is 1. The lowest BCUT2D eigenvalue weighted by Gasteiger charge is -2.32. The molecule has 2 heterocycles. The van der Waals surface area contributed by atoms with E-state index < -0.39 is 10.0 Å². The summed E-state index contributed by atoms with van der Waals surface area (Å²) in [7, 11) is -3.73. The van der Waals surface area contributed by atoms with Gasteiger partial charge in [0, 0.05) is 17.6 Å². The van der Waals surface area contributed by atoms with Crippen molar-refractivity contribution in [1.29, 1.82) is 0 Å². The van der Waals surface area contributed by atoms with Gasteiger partial charge in [0.25, 0.3) is 0 Å². The molecule has 2 aromatic rings. The predicted molar refractivity (Wildman–Crippen MR) is 101 cm³/mol. The van der Waals surface area contributed by atoms with Crippen molar-refractivity contribution < 1.29 is 13.2 Å². The van der Waals surface area contributed by atoms with Crippen LogP contribution in [0.2, 0.25) is 5.02 Å². The molecule has 0 saturated carbocycles. The summed E-state index contributed by atoms with van der Waals surface area (Å²) < 4.78 is 28.3. The fourth-order valence-electron chi connectivity index (χ4n) is 3.64. The Morgan fingerprint density at radius 1 is 1.19 bits per heavy atom.